The number of hydrogen-bond donors (Lipinski definition) is 0. The lowest BCUT2D eigenvalue weighted by Gasteiger charge is -2.17. The first kappa shape index (κ1) is 12.0. The largest absolute Gasteiger partial charge is 0.492 e. The number of carbonyl (C=O) groups excluding carboxylic acids is 1. The molecule has 0 fully saturated rings. The summed E-state index contributed by atoms with van der Waals surface area (Å²) in [6.07, 6.45) is 1.52. The highest BCUT2D eigenvalue weighted by atomic mass is 16.5. The lowest BCUT2D eigenvalue weighted by Crippen LogP contribution is -2.31. The zero-order chi connectivity index (χ0) is 13.1. The summed E-state index contributed by atoms with van der Waals surface area (Å²) in [7, 11) is 0. The minimum Gasteiger partial charge on any atom is -0.492 e. The number of rotatable bonds is 3. The number of hydrogen-bond acceptors (Lipinski definition) is 4. The van der Waals surface area contributed by atoms with E-state index in [0.29, 0.717) is 18.9 Å². The van der Waals surface area contributed by atoms with Crippen LogP contribution in [-0.2, 0) is 6.54 Å². The smallest absolute Gasteiger partial charge is 0.211 e. The topological polar surface area (TPSA) is 42.7 Å². The molecule has 0 aliphatic carbocycles. The molecule has 0 N–H and O–H groups in total. The van der Waals surface area contributed by atoms with Crippen LogP contribution in [0, 0.1) is 0 Å². The van der Waals surface area contributed by atoms with Crippen molar-refractivity contribution in [1.29, 1.82) is 0 Å². The molecule has 0 atom stereocenters. The molecule has 0 spiro atoms. The second-order valence-corrected chi connectivity index (χ2v) is 4.57. The number of nitrogens with zero attached hydrogens (tertiary/aromatic N) is 1. The van der Waals surface area contributed by atoms with Gasteiger partial charge >= 0.3 is 0 Å². The minimum absolute atomic E-state index is 0.00406. The van der Waals surface area contributed by atoms with Crippen LogP contribution in [0.4, 0.5) is 0 Å². The van der Waals surface area contributed by atoms with E-state index in [-0.39, 0.29) is 5.78 Å². The van der Waals surface area contributed by atoms with Gasteiger partial charge in [-0.05, 0) is 18.2 Å². The SMILES string of the molecule is O=C(CN1CCOc2ccccc2C1)c1ccco1. The second-order valence-electron chi connectivity index (χ2n) is 4.57. The van der Waals surface area contributed by atoms with Crippen molar-refractivity contribution in [3.05, 3.63) is 54.0 Å². The Labute approximate surface area is 111 Å². The quantitative estimate of drug-likeness (QED) is 0.792. The summed E-state index contributed by atoms with van der Waals surface area (Å²) >= 11 is 0. The number of fused-ring (bicyclic) bond motifs is 1. The molecule has 0 amide bonds. The molecule has 0 unspecified atom stereocenters. The molecule has 4 nitrogen and oxygen atoms in total. The molecule has 1 aliphatic heterocycles. The first-order valence-electron chi connectivity index (χ1n) is 6.33. The Morgan fingerprint density at radius 3 is 2.95 bits per heavy atom. The molecular formula is C15H15NO3. The average molecular weight is 257 g/mol. The van der Waals surface area contributed by atoms with Crippen molar-refractivity contribution in [2.24, 2.45) is 0 Å². The van der Waals surface area contributed by atoms with Crippen LogP contribution >= 0.6 is 0 Å². The third-order valence-corrected chi connectivity index (χ3v) is 3.19. The Kier molecular flexibility index (Phi) is 3.33. The van der Waals surface area contributed by atoms with Gasteiger partial charge in [-0.2, -0.15) is 0 Å². The van der Waals surface area contributed by atoms with Crippen molar-refractivity contribution < 1.29 is 13.9 Å². The Morgan fingerprint density at radius 1 is 1.21 bits per heavy atom. The fraction of sp³-hybridized carbons (Fsp3) is 0.267. The molecular weight excluding hydrogens is 242 g/mol. The summed E-state index contributed by atoms with van der Waals surface area (Å²) in [4.78, 5) is 14.1. The maximum absolute atomic E-state index is 12.0. The van der Waals surface area contributed by atoms with Gasteiger partial charge in [0.25, 0.3) is 0 Å². The molecule has 1 aliphatic rings. The van der Waals surface area contributed by atoms with E-state index in [2.05, 4.69) is 4.90 Å². The standard InChI is InChI=1S/C15H15NO3/c17-13(15-6-3-8-18-15)11-16-7-9-19-14-5-2-1-4-12(14)10-16/h1-6,8H,7,9-11H2. The number of furan rings is 1. The molecule has 3 rings (SSSR count). The summed E-state index contributed by atoms with van der Waals surface area (Å²) < 4.78 is 10.8. The third-order valence-electron chi connectivity index (χ3n) is 3.19. The normalized spacial score (nSPS) is 15.4. The fourth-order valence-corrected chi connectivity index (χ4v) is 2.23. The highest BCUT2D eigenvalue weighted by Gasteiger charge is 2.19. The van der Waals surface area contributed by atoms with Crippen molar-refractivity contribution in [2.45, 2.75) is 6.54 Å². The van der Waals surface area contributed by atoms with Crippen LogP contribution in [0.1, 0.15) is 16.1 Å². The zero-order valence-corrected chi connectivity index (χ0v) is 10.5. The molecule has 98 valence electrons. The third kappa shape index (κ3) is 2.69. The summed E-state index contributed by atoms with van der Waals surface area (Å²) in [6.45, 7) is 2.41. The lowest BCUT2D eigenvalue weighted by molar-refractivity contribution is 0.0893. The molecule has 19 heavy (non-hydrogen) atoms. The van der Waals surface area contributed by atoms with Gasteiger partial charge in [0.2, 0.25) is 5.78 Å². The fourth-order valence-electron chi connectivity index (χ4n) is 2.23. The molecule has 1 aromatic carbocycles. The average Bonchev–Trinajstić information content (AvgIpc) is 2.87. The molecule has 0 saturated heterocycles. The van der Waals surface area contributed by atoms with E-state index < -0.39 is 0 Å². The monoisotopic (exact) mass is 257 g/mol. The lowest BCUT2D eigenvalue weighted by atomic mass is 10.2. The van der Waals surface area contributed by atoms with Crippen LogP contribution in [0.2, 0.25) is 0 Å². The van der Waals surface area contributed by atoms with Crippen molar-refractivity contribution in [3.8, 4) is 5.75 Å². The molecule has 4 heteroatoms. The first-order valence-corrected chi connectivity index (χ1v) is 6.33. The predicted molar refractivity (Wildman–Crippen MR) is 70.3 cm³/mol. The van der Waals surface area contributed by atoms with Crippen LogP contribution < -0.4 is 4.74 Å². The van der Waals surface area contributed by atoms with E-state index >= 15 is 0 Å². The van der Waals surface area contributed by atoms with Gasteiger partial charge in [0.05, 0.1) is 12.8 Å². The van der Waals surface area contributed by atoms with E-state index in [1.807, 2.05) is 24.3 Å². The van der Waals surface area contributed by atoms with Crippen molar-refractivity contribution in [1.82, 2.24) is 4.90 Å². The molecule has 1 aromatic heterocycles. The summed E-state index contributed by atoms with van der Waals surface area (Å²) in [5.74, 6) is 1.33. The van der Waals surface area contributed by atoms with E-state index in [9.17, 15) is 4.79 Å². The van der Waals surface area contributed by atoms with Gasteiger partial charge in [0, 0.05) is 18.7 Å². The van der Waals surface area contributed by atoms with E-state index in [1.54, 1.807) is 12.1 Å². The predicted octanol–water partition coefficient (Wildman–Crippen LogP) is 2.36. The van der Waals surface area contributed by atoms with Gasteiger partial charge in [-0.1, -0.05) is 18.2 Å². The molecule has 0 radical (unpaired) electrons. The summed E-state index contributed by atoms with van der Waals surface area (Å²) in [6, 6.07) is 11.4. The van der Waals surface area contributed by atoms with E-state index in [4.69, 9.17) is 9.15 Å². The second kappa shape index (κ2) is 5.28. The number of ether oxygens (including phenoxy) is 1. The Morgan fingerprint density at radius 2 is 2.11 bits per heavy atom. The van der Waals surface area contributed by atoms with Gasteiger partial charge in [-0.25, -0.2) is 0 Å². The van der Waals surface area contributed by atoms with Gasteiger partial charge in [0.1, 0.15) is 12.4 Å². The van der Waals surface area contributed by atoms with Gasteiger partial charge in [0.15, 0.2) is 5.76 Å². The number of Topliss-reactive ketones (excluding diaryl/α,β-unsaturated/α-hetero) is 1. The Hall–Kier alpha value is -2.07. The Bertz CT molecular complexity index is 563. The molecule has 0 saturated carbocycles. The number of benzene rings is 1. The number of carbonyl (C=O) groups is 1. The van der Waals surface area contributed by atoms with E-state index in [0.717, 1.165) is 24.4 Å². The van der Waals surface area contributed by atoms with Crippen LogP contribution in [-0.4, -0.2) is 30.4 Å². The van der Waals surface area contributed by atoms with Crippen molar-refractivity contribution in [2.75, 3.05) is 19.7 Å². The summed E-state index contributed by atoms with van der Waals surface area (Å²) in [5, 5.41) is 0. The highest BCUT2D eigenvalue weighted by Crippen LogP contribution is 2.22. The van der Waals surface area contributed by atoms with Crippen LogP contribution in [0.3, 0.4) is 0 Å². The van der Waals surface area contributed by atoms with Crippen molar-refractivity contribution in [3.63, 3.8) is 0 Å². The van der Waals surface area contributed by atoms with Gasteiger partial charge in [-0.15, -0.1) is 0 Å². The first-order chi connectivity index (χ1) is 9.33. The number of para-hydroxylation sites is 1. The van der Waals surface area contributed by atoms with Crippen LogP contribution in [0.15, 0.2) is 47.1 Å². The highest BCUT2D eigenvalue weighted by molar-refractivity contribution is 5.95. The maximum Gasteiger partial charge on any atom is 0.211 e. The zero-order valence-electron chi connectivity index (χ0n) is 10.5. The van der Waals surface area contributed by atoms with E-state index in [1.165, 1.54) is 6.26 Å². The minimum atomic E-state index is 0.00406. The molecule has 2 aromatic rings. The summed E-state index contributed by atoms with van der Waals surface area (Å²) in [5.41, 5.74) is 1.12. The molecule has 0 bridgehead atoms. The maximum atomic E-state index is 12.0. The van der Waals surface area contributed by atoms with Crippen molar-refractivity contribution >= 4 is 5.78 Å². The number of ketones is 1. The van der Waals surface area contributed by atoms with Gasteiger partial charge < -0.3 is 9.15 Å². The van der Waals surface area contributed by atoms with Gasteiger partial charge in [-0.3, -0.25) is 9.69 Å². The van der Waals surface area contributed by atoms with Crippen LogP contribution in [0.5, 0.6) is 5.75 Å². The molecule has 2 heterocycles. The van der Waals surface area contributed by atoms with Crippen LogP contribution in [0.25, 0.3) is 0 Å². The Balaban J connectivity index is 1.71.